The molecule has 1 fully saturated rings. The van der Waals surface area contributed by atoms with Crippen LogP contribution in [0.1, 0.15) is 59.2 Å². The van der Waals surface area contributed by atoms with E-state index in [-0.39, 0.29) is 11.9 Å². The summed E-state index contributed by atoms with van der Waals surface area (Å²) in [5.41, 5.74) is 5.92. The smallest absolute Gasteiger partial charge is 0.349 e. The lowest BCUT2D eigenvalue weighted by molar-refractivity contribution is -0.141. The number of hydrogen-bond donors (Lipinski definition) is 3. The van der Waals surface area contributed by atoms with E-state index in [0.29, 0.717) is 24.7 Å². The third kappa shape index (κ3) is 9.67. The van der Waals surface area contributed by atoms with Gasteiger partial charge in [0.05, 0.1) is 6.26 Å². The quantitative estimate of drug-likeness (QED) is 0.118. The molecule has 1 aliphatic heterocycles. The van der Waals surface area contributed by atoms with Gasteiger partial charge in [0.15, 0.2) is 0 Å². The van der Waals surface area contributed by atoms with Crippen molar-refractivity contribution in [1.82, 2.24) is 15.5 Å². The third-order valence-corrected chi connectivity index (χ3v) is 9.63. The molecule has 0 atom stereocenters. The third-order valence-electron chi connectivity index (χ3n) is 9.63. The maximum atomic E-state index is 13.7. The molecule has 4 aromatic rings. The lowest BCUT2D eigenvalue weighted by Crippen LogP contribution is -2.47. The van der Waals surface area contributed by atoms with Crippen LogP contribution in [0.2, 0.25) is 0 Å². The number of alkyl halides is 3. The van der Waals surface area contributed by atoms with E-state index >= 15 is 0 Å². The Morgan fingerprint density at radius 1 is 0.827 bits per heavy atom. The van der Waals surface area contributed by atoms with Gasteiger partial charge in [-0.15, -0.1) is 0 Å². The number of piperidine rings is 1. The molecule has 6 rings (SSSR count). The fourth-order valence-corrected chi connectivity index (χ4v) is 7.24. The molecule has 0 spiro atoms. The van der Waals surface area contributed by atoms with Gasteiger partial charge in [0.2, 0.25) is 5.91 Å². The summed E-state index contributed by atoms with van der Waals surface area (Å²) in [6.45, 7) is 3.18. The highest BCUT2D eigenvalue weighted by atomic mass is 32.2. The van der Waals surface area contributed by atoms with E-state index in [9.17, 15) is 31.2 Å². The second-order valence-electron chi connectivity index (χ2n) is 13.5. The Bertz CT molecular complexity index is 1920. The van der Waals surface area contributed by atoms with E-state index < -0.39 is 34.2 Å². The minimum Gasteiger partial charge on any atom is -0.349 e. The van der Waals surface area contributed by atoms with Crippen molar-refractivity contribution in [1.29, 1.82) is 0 Å². The molecule has 0 aromatic heterocycles. The predicted molar refractivity (Wildman–Crippen MR) is 197 cm³/mol. The maximum absolute atomic E-state index is 13.7. The van der Waals surface area contributed by atoms with Crippen LogP contribution in [0.5, 0.6) is 0 Å². The van der Waals surface area contributed by atoms with Crippen LogP contribution < -0.4 is 10.6 Å². The highest BCUT2D eigenvalue weighted by Crippen LogP contribution is 2.51. The molecule has 2 amide bonds. The van der Waals surface area contributed by atoms with Crippen molar-refractivity contribution >= 4 is 21.9 Å². The average Bonchev–Trinajstić information content (AvgIpc) is 3.39. The molecule has 0 radical (unpaired) electrons. The number of unbranched alkanes of at least 4 members (excludes halogenated alkanes) is 1. The Morgan fingerprint density at radius 2 is 1.35 bits per heavy atom. The van der Waals surface area contributed by atoms with Gasteiger partial charge >= 0.3 is 6.18 Å². The van der Waals surface area contributed by atoms with Gasteiger partial charge in [-0.3, -0.25) is 14.1 Å². The Kier molecular flexibility index (Phi) is 12.2. The van der Waals surface area contributed by atoms with E-state index in [1.54, 1.807) is 0 Å². The molecular weight excluding hydrogens is 692 g/mol. The zero-order valence-corrected chi connectivity index (χ0v) is 30.1. The van der Waals surface area contributed by atoms with Crippen LogP contribution in [-0.2, 0) is 20.3 Å². The van der Waals surface area contributed by atoms with E-state index in [1.807, 2.05) is 104 Å². The van der Waals surface area contributed by atoms with E-state index in [0.717, 1.165) is 72.3 Å². The van der Waals surface area contributed by atoms with Crippen molar-refractivity contribution in [2.45, 2.75) is 56.7 Å². The highest BCUT2D eigenvalue weighted by Gasteiger charge is 2.49. The summed E-state index contributed by atoms with van der Waals surface area (Å²) in [5.74, 6) is -0.668. The second kappa shape index (κ2) is 16.4. The topological polar surface area (TPSA) is 116 Å². The average molecular weight is 736 g/mol. The van der Waals surface area contributed by atoms with Gasteiger partial charge in [-0.1, -0.05) is 103 Å². The molecule has 8 nitrogen and oxygen atoms in total. The summed E-state index contributed by atoms with van der Waals surface area (Å²) in [5, 5.41) is 5.47. The van der Waals surface area contributed by atoms with Crippen LogP contribution in [-0.4, -0.2) is 74.3 Å². The van der Waals surface area contributed by atoms with Crippen LogP contribution in [0.15, 0.2) is 97.1 Å². The zero-order chi connectivity index (χ0) is 37.5. The fourth-order valence-electron chi connectivity index (χ4n) is 7.24. The molecule has 12 heteroatoms. The SMILES string of the molecule is CS(=O)(=O)O.Cc1ccc(-c2ccccc2C(=O)NC2CCN(CCCCC3(C(=O)NCC(F)(F)F)c4ccccc4-c4ccccc43)CC2)cc1. The molecule has 276 valence electrons. The second-order valence-corrected chi connectivity index (χ2v) is 15.0. The molecule has 0 saturated carbocycles. The number of halogens is 3. The normalized spacial score (nSPS) is 15.5. The van der Waals surface area contributed by atoms with Gasteiger partial charge in [-0.2, -0.15) is 21.6 Å². The summed E-state index contributed by atoms with van der Waals surface area (Å²) < 4.78 is 65.4. The first-order chi connectivity index (χ1) is 24.7. The molecule has 0 unspecified atom stereocenters. The molecule has 1 heterocycles. The number of rotatable bonds is 10. The van der Waals surface area contributed by atoms with Gasteiger partial charge < -0.3 is 15.5 Å². The minimum absolute atomic E-state index is 0.0640. The number of carbonyl (C=O) groups is 2. The number of likely N-dealkylation sites (tertiary alicyclic amines) is 1. The summed E-state index contributed by atoms with van der Waals surface area (Å²) in [7, 11) is -3.67. The Morgan fingerprint density at radius 3 is 1.90 bits per heavy atom. The first-order valence-corrected chi connectivity index (χ1v) is 19.2. The standard InChI is InChI=1S/C39H40F3N3O2.CH4O3S/c1-27-16-18-28(19-17-27)30-10-2-3-13-33(30)36(46)44-29-20-24-45(25-21-29)23-9-8-22-38(37(47)43-26-39(40,41)42)34-14-6-4-11-31(34)32-12-5-7-15-35(32)38;1-5(2,3)4/h2-7,10-19,29H,8-9,20-26H2,1H3,(H,43,47)(H,44,46);1H3,(H,2,3,4). The molecule has 1 saturated heterocycles. The van der Waals surface area contributed by atoms with Crippen molar-refractivity contribution in [3.63, 3.8) is 0 Å². The zero-order valence-electron chi connectivity index (χ0n) is 29.2. The maximum Gasteiger partial charge on any atom is 0.405 e. The largest absolute Gasteiger partial charge is 0.405 e. The molecule has 4 aromatic carbocycles. The van der Waals surface area contributed by atoms with Gasteiger partial charge in [-0.05, 0) is 78.6 Å². The van der Waals surface area contributed by atoms with Gasteiger partial charge in [0.25, 0.3) is 16.0 Å². The molecule has 2 aliphatic rings. The fraction of sp³-hybridized carbons (Fsp3) is 0.350. The summed E-state index contributed by atoms with van der Waals surface area (Å²) in [6.07, 6.45) is -0.213. The van der Waals surface area contributed by atoms with Crippen LogP contribution >= 0.6 is 0 Å². The number of nitrogens with one attached hydrogen (secondary N) is 2. The monoisotopic (exact) mass is 735 g/mol. The number of hydrogen-bond acceptors (Lipinski definition) is 5. The van der Waals surface area contributed by atoms with Crippen LogP contribution in [0.4, 0.5) is 13.2 Å². The highest BCUT2D eigenvalue weighted by molar-refractivity contribution is 7.85. The summed E-state index contributed by atoms with van der Waals surface area (Å²) in [4.78, 5) is 29.4. The van der Waals surface area contributed by atoms with Crippen molar-refractivity contribution < 1.29 is 35.7 Å². The molecule has 3 N–H and O–H groups in total. The van der Waals surface area contributed by atoms with Crippen molar-refractivity contribution in [2.75, 3.05) is 32.4 Å². The summed E-state index contributed by atoms with van der Waals surface area (Å²) in [6, 6.07) is 31.1. The Hall–Kier alpha value is -4.52. The molecule has 1 aliphatic carbocycles. The number of carbonyl (C=O) groups excluding carboxylic acids is 2. The first-order valence-electron chi connectivity index (χ1n) is 17.3. The van der Waals surface area contributed by atoms with E-state index in [2.05, 4.69) is 15.5 Å². The number of aryl methyl sites for hydroxylation is 1. The van der Waals surface area contributed by atoms with Crippen LogP contribution in [0.3, 0.4) is 0 Å². The Balaban J connectivity index is 0.000000979. The lowest BCUT2D eigenvalue weighted by Gasteiger charge is -2.33. The number of benzene rings is 4. The number of amides is 2. The lowest BCUT2D eigenvalue weighted by atomic mass is 9.73. The van der Waals surface area contributed by atoms with E-state index in [1.165, 1.54) is 5.56 Å². The van der Waals surface area contributed by atoms with Gasteiger partial charge in [-0.25, -0.2) is 0 Å². The summed E-state index contributed by atoms with van der Waals surface area (Å²) >= 11 is 0. The Labute approximate surface area is 303 Å². The predicted octanol–water partition coefficient (Wildman–Crippen LogP) is 7.18. The van der Waals surface area contributed by atoms with Crippen molar-refractivity contribution in [3.05, 3.63) is 119 Å². The van der Waals surface area contributed by atoms with Crippen molar-refractivity contribution in [2.24, 2.45) is 0 Å². The molecule has 52 heavy (non-hydrogen) atoms. The van der Waals surface area contributed by atoms with Crippen molar-refractivity contribution in [3.8, 4) is 22.3 Å². The number of nitrogens with zero attached hydrogens (tertiary/aromatic N) is 1. The first kappa shape index (κ1) is 38.7. The molecular formula is C40H44F3N3O5S. The van der Waals surface area contributed by atoms with Crippen LogP contribution in [0, 0.1) is 6.92 Å². The van der Waals surface area contributed by atoms with Crippen LogP contribution in [0.25, 0.3) is 22.3 Å². The molecule has 0 bridgehead atoms. The minimum atomic E-state index is -4.50. The van der Waals surface area contributed by atoms with Gasteiger partial charge in [0.1, 0.15) is 12.0 Å². The van der Waals surface area contributed by atoms with E-state index in [4.69, 9.17) is 4.55 Å². The number of fused-ring (bicyclic) bond motifs is 3. The van der Waals surface area contributed by atoms with Gasteiger partial charge in [0, 0.05) is 24.7 Å².